The van der Waals surface area contributed by atoms with Crippen molar-refractivity contribution in [3.63, 3.8) is 0 Å². The van der Waals surface area contributed by atoms with Gasteiger partial charge in [0.1, 0.15) is 10.8 Å². The van der Waals surface area contributed by atoms with E-state index < -0.39 is 0 Å². The van der Waals surface area contributed by atoms with Crippen molar-refractivity contribution >= 4 is 28.6 Å². The zero-order chi connectivity index (χ0) is 22.3. The van der Waals surface area contributed by atoms with Crippen LogP contribution in [0.2, 0.25) is 0 Å². The average Bonchev–Trinajstić information content (AvgIpc) is 3.44. The average molecular weight is 464 g/mol. The number of benzene rings is 2. The first-order valence-corrected chi connectivity index (χ1v) is 12.3. The second-order valence-corrected chi connectivity index (χ2v) is 9.22. The van der Waals surface area contributed by atoms with E-state index in [1.54, 1.807) is 11.3 Å². The van der Waals surface area contributed by atoms with E-state index in [9.17, 15) is 4.79 Å². The van der Waals surface area contributed by atoms with Gasteiger partial charge < -0.3 is 10.1 Å². The standard InChI is InChI=1S/C25H25N3O2S2/c1-3-30-23-7-5-4-6-21(23)25-28-20(15-32-25)14-24(29)26-13-12-18-8-10-19(11-9-18)22-16-31-17(2)27-22/h4-11,15-16H,3,12-14H2,1-2H3,(H,26,29). The molecule has 0 aliphatic carbocycles. The van der Waals surface area contributed by atoms with Gasteiger partial charge in [-0.25, -0.2) is 9.97 Å². The first-order valence-electron chi connectivity index (χ1n) is 10.6. The predicted octanol–water partition coefficient (Wildman–Crippen LogP) is 5.54. The summed E-state index contributed by atoms with van der Waals surface area (Å²) in [5.41, 5.74) is 5.05. The molecule has 2 aromatic carbocycles. The predicted molar refractivity (Wildman–Crippen MR) is 131 cm³/mol. The summed E-state index contributed by atoms with van der Waals surface area (Å²) in [5, 5.41) is 8.95. The zero-order valence-corrected chi connectivity index (χ0v) is 19.8. The molecule has 32 heavy (non-hydrogen) atoms. The Morgan fingerprint density at radius 1 is 1.03 bits per heavy atom. The van der Waals surface area contributed by atoms with Gasteiger partial charge in [0.25, 0.3) is 0 Å². The summed E-state index contributed by atoms with van der Waals surface area (Å²) in [6, 6.07) is 16.2. The highest BCUT2D eigenvalue weighted by atomic mass is 32.1. The van der Waals surface area contributed by atoms with Gasteiger partial charge in [-0.15, -0.1) is 22.7 Å². The summed E-state index contributed by atoms with van der Waals surface area (Å²) in [7, 11) is 0. The minimum atomic E-state index is -0.0190. The Morgan fingerprint density at radius 3 is 2.59 bits per heavy atom. The van der Waals surface area contributed by atoms with Crippen LogP contribution in [0.3, 0.4) is 0 Å². The number of amides is 1. The number of rotatable bonds is 9. The second kappa shape index (κ2) is 10.5. The first kappa shape index (κ1) is 22.2. The molecule has 1 N–H and O–H groups in total. The highest BCUT2D eigenvalue weighted by Crippen LogP contribution is 2.32. The van der Waals surface area contributed by atoms with E-state index in [0.717, 1.165) is 44.7 Å². The molecule has 0 bridgehead atoms. The number of carbonyl (C=O) groups is 1. The number of nitrogens with zero attached hydrogens (tertiary/aromatic N) is 2. The Balaban J connectivity index is 1.28. The minimum absolute atomic E-state index is 0.0190. The second-order valence-electron chi connectivity index (χ2n) is 7.30. The van der Waals surface area contributed by atoms with Crippen LogP contribution in [0, 0.1) is 6.92 Å². The normalized spacial score (nSPS) is 10.8. The maximum atomic E-state index is 12.4. The van der Waals surface area contributed by atoms with Crippen molar-refractivity contribution in [2.45, 2.75) is 26.7 Å². The molecule has 7 heteroatoms. The number of hydrogen-bond donors (Lipinski definition) is 1. The summed E-state index contributed by atoms with van der Waals surface area (Å²) < 4.78 is 5.69. The summed E-state index contributed by atoms with van der Waals surface area (Å²) in [6.45, 7) is 5.17. The van der Waals surface area contributed by atoms with Crippen LogP contribution in [0.1, 0.15) is 23.2 Å². The Bertz CT molecular complexity index is 1180. The third-order valence-electron chi connectivity index (χ3n) is 4.92. The fourth-order valence-corrected chi connectivity index (χ4v) is 4.82. The quantitative estimate of drug-likeness (QED) is 0.354. The number of aromatic nitrogens is 2. The fraction of sp³-hybridized carbons (Fsp3) is 0.240. The van der Waals surface area contributed by atoms with E-state index >= 15 is 0 Å². The Morgan fingerprint density at radius 2 is 1.84 bits per heavy atom. The summed E-state index contributed by atoms with van der Waals surface area (Å²) in [5.74, 6) is 0.797. The third kappa shape index (κ3) is 5.60. The lowest BCUT2D eigenvalue weighted by Crippen LogP contribution is -2.27. The van der Waals surface area contributed by atoms with Crippen molar-refractivity contribution in [3.8, 4) is 27.6 Å². The number of nitrogens with one attached hydrogen (secondary N) is 1. The van der Waals surface area contributed by atoms with Crippen LogP contribution < -0.4 is 10.1 Å². The van der Waals surface area contributed by atoms with E-state index in [-0.39, 0.29) is 12.3 Å². The molecule has 0 fully saturated rings. The fourth-order valence-electron chi connectivity index (χ4n) is 3.35. The summed E-state index contributed by atoms with van der Waals surface area (Å²) in [4.78, 5) is 21.5. The summed E-state index contributed by atoms with van der Waals surface area (Å²) >= 11 is 3.19. The van der Waals surface area contributed by atoms with Gasteiger partial charge in [0.2, 0.25) is 5.91 Å². The van der Waals surface area contributed by atoms with E-state index in [1.165, 1.54) is 16.9 Å². The molecule has 0 unspecified atom stereocenters. The maximum absolute atomic E-state index is 12.4. The van der Waals surface area contributed by atoms with Crippen LogP contribution in [-0.4, -0.2) is 29.0 Å². The monoisotopic (exact) mass is 463 g/mol. The van der Waals surface area contributed by atoms with Crippen LogP contribution in [0.5, 0.6) is 5.75 Å². The molecule has 0 aliphatic rings. The van der Waals surface area contributed by atoms with E-state index in [2.05, 4.69) is 44.9 Å². The molecule has 5 nitrogen and oxygen atoms in total. The van der Waals surface area contributed by atoms with Crippen LogP contribution in [0.15, 0.2) is 59.3 Å². The Kier molecular flexibility index (Phi) is 7.29. The number of ether oxygens (including phenoxy) is 1. The molecular weight excluding hydrogens is 438 g/mol. The minimum Gasteiger partial charge on any atom is -0.493 e. The zero-order valence-electron chi connectivity index (χ0n) is 18.1. The number of aryl methyl sites for hydroxylation is 1. The lowest BCUT2D eigenvalue weighted by Gasteiger charge is -2.07. The molecule has 0 spiro atoms. The van der Waals surface area contributed by atoms with Gasteiger partial charge in [-0.1, -0.05) is 36.4 Å². The SMILES string of the molecule is CCOc1ccccc1-c1nc(CC(=O)NCCc2ccc(-c3csc(C)n3)cc2)cs1. The first-order chi connectivity index (χ1) is 15.6. The highest BCUT2D eigenvalue weighted by Gasteiger charge is 2.12. The highest BCUT2D eigenvalue weighted by molar-refractivity contribution is 7.13. The van der Waals surface area contributed by atoms with Crippen molar-refractivity contribution in [3.05, 3.63) is 75.6 Å². The number of para-hydroxylation sites is 1. The van der Waals surface area contributed by atoms with Crippen LogP contribution in [0.4, 0.5) is 0 Å². The molecule has 1 amide bonds. The van der Waals surface area contributed by atoms with E-state index in [4.69, 9.17) is 4.74 Å². The molecule has 2 heterocycles. The summed E-state index contributed by atoms with van der Waals surface area (Å²) in [6.07, 6.45) is 1.06. The Hall–Kier alpha value is -3.03. The van der Waals surface area contributed by atoms with Crippen LogP contribution in [-0.2, 0) is 17.6 Å². The smallest absolute Gasteiger partial charge is 0.226 e. The lowest BCUT2D eigenvalue weighted by atomic mass is 10.1. The largest absolute Gasteiger partial charge is 0.493 e. The van der Waals surface area contributed by atoms with Crippen molar-refractivity contribution in [2.24, 2.45) is 0 Å². The van der Waals surface area contributed by atoms with Gasteiger partial charge in [-0.2, -0.15) is 0 Å². The molecule has 4 rings (SSSR count). The molecule has 2 aromatic heterocycles. The van der Waals surface area contributed by atoms with Gasteiger partial charge >= 0.3 is 0 Å². The maximum Gasteiger partial charge on any atom is 0.226 e. The van der Waals surface area contributed by atoms with Gasteiger partial charge in [-0.3, -0.25) is 4.79 Å². The molecule has 0 saturated heterocycles. The van der Waals surface area contributed by atoms with E-state index in [1.807, 2.05) is 43.5 Å². The number of hydrogen-bond acceptors (Lipinski definition) is 6. The third-order valence-corrected chi connectivity index (χ3v) is 6.61. The lowest BCUT2D eigenvalue weighted by molar-refractivity contribution is -0.120. The molecule has 164 valence electrons. The van der Waals surface area contributed by atoms with Crippen molar-refractivity contribution in [1.29, 1.82) is 0 Å². The Labute approximate surface area is 196 Å². The molecular formula is C25H25N3O2S2. The number of carbonyl (C=O) groups excluding carboxylic acids is 1. The van der Waals surface area contributed by atoms with Gasteiger partial charge in [0.15, 0.2) is 0 Å². The van der Waals surface area contributed by atoms with Crippen molar-refractivity contribution in [1.82, 2.24) is 15.3 Å². The van der Waals surface area contributed by atoms with Crippen LogP contribution >= 0.6 is 22.7 Å². The molecule has 4 aromatic rings. The molecule has 0 radical (unpaired) electrons. The van der Waals surface area contributed by atoms with E-state index in [0.29, 0.717) is 13.2 Å². The van der Waals surface area contributed by atoms with Gasteiger partial charge in [0, 0.05) is 22.9 Å². The van der Waals surface area contributed by atoms with Gasteiger partial charge in [-0.05, 0) is 38.0 Å². The topological polar surface area (TPSA) is 64.1 Å². The molecule has 0 saturated carbocycles. The van der Waals surface area contributed by atoms with Crippen LogP contribution in [0.25, 0.3) is 21.8 Å². The molecule has 0 aliphatic heterocycles. The van der Waals surface area contributed by atoms with Gasteiger partial charge in [0.05, 0.1) is 35.0 Å². The van der Waals surface area contributed by atoms with Crippen molar-refractivity contribution in [2.75, 3.05) is 13.2 Å². The molecule has 0 atom stereocenters. The van der Waals surface area contributed by atoms with Crippen molar-refractivity contribution < 1.29 is 9.53 Å². The number of thiazole rings is 2.